The van der Waals surface area contributed by atoms with E-state index in [0.717, 1.165) is 22.4 Å². The number of carbonyl (C=O) groups is 1. The molecule has 2 aromatic carbocycles. The number of nitro benzene ring substituents is 1. The first-order chi connectivity index (χ1) is 13.2. The van der Waals surface area contributed by atoms with Crippen LogP contribution in [0.4, 0.5) is 11.4 Å². The van der Waals surface area contributed by atoms with Crippen LogP contribution in [0, 0.1) is 17.0 Å². The van der Waals surface area contributed by atoms with Gasteiger partial charge in [0.1, 0.15) is 6.54 Å². The topological polar surface area (TPSA) is 107 Å². The Kier molecular flexibility index (Phi) is 6.74. The number of anilines is 1. The van der Waals surface area contributed by atoms with E-state index in [1.54, 1.807) is 31.2 Å². The highest BCUT2D eigenvalue weighted by Crippen LogP contribution is 2.28. The molecule has 0 unspecified atom stereocenters. The van der Waals surface area contributed by atoms with Crippen molar-refractivity contribution in [1.29, 1.82) is 0 Å². The van der Waals surface area contributed by atoms with Crippen LogP contribution in [-0.4, -0.2) is 32.5 Å². The predicted molar refractivity (Wildman–Crippen MR) is 105 cm³/mol. The molecule has 150 valence electrons. The Morgan fingerprint density at radius 3 is 2.32 bits per heavy atom. The first-order valence-corrected chi connectivity index (χ1v) is 10.2. The molecule has 0 spiro atoms. The van der Waals surface area contributed by atoms with Gasteiger partial charge < -0.3 is 4.74 Å². The normalized spacial score (nSPS) is 11.1. The van der Waals surface area contributed by atoms with Crippen molar-refractivity contribution in [2.75, 3.05) is 17.5 Å². The third-order valence-electron chi connectivity index (χ3n) is 4.18. The van der Waals surface area contributed by atoms with Crippen LogP contribution in [0.5, 0.6) is 0 Å². The van der Waals surface area contributed by atoms with Gasteiger partial charge in [-0.25, -0.2) is 8.42 Å². The Hall–Kier alpha value is -2.94. The molecule has 28 heavy (non-hydrogen) atoms. The van der Waals surface area contributed by atoms with Crippen LogP contribution in [0.15, 0.2) is 47.4 Å². The van der Waals surface area contributed by atoms with E-state index in [2.05, 4.69) is 0 Å². The fraction of sp³-hybridized carbons (Fsp3) is 0.316. The second-order valence-corrected chi connectivity index (χ2v) is 7.90. The van der Waals surface area contributed by atoms with Gasteiger partial charge in [0, 0.05) is 11.6 Å². The predicted octanol–water partition coefficient (Wildman–Crippen LogP) is 3.22. The van der Waals surface area contributed by atoms with Crippen LogP contribution in [0.2, 0.25) is 0 Å². The summed E-state index contributed by atoms with van der Waals surface area (Å²) >= 11 is 0. The molecular formula is C19H22N2O6S. The third-order valence-corrected chi connectivity index (χ3v) is 5.95. The van der Waals surface area contributed by atoms with Gasteiger partial charge in [-0.1, -0.05) is 25.1 Å². The number of hydrogen-bond donors (Lipinski definition) is 0. The van der Waals surface area contributed by atoms with Gasteiger partial charge in [0.05, 0.1) is 22.1 Å². The largest absolute Gasteiger partial charge is 0.465 e. The second kappa shape index (κ2) is 8.83. The van der Waals surface area contributed by atoms with Gasteiger partial charge in [0.25, 0.3) is 15.7 Å². The molecule has 9 heteroatoms. The van der Waals surface area contributed by atoms with Crippen LogP contribution in [0.1, 0.15) is 25.0 Å². The molecule has 0 amide bonds. The molecule has 2 rings (SSSR count). The maximum atomic E-state index is 13.2. The molecule has 8 nitrogen and oxygen atoms in total. The van der Waals surface area contributed by atoms with Crippen molar-refractivity contribution in [3.05, 3.63) is 63.7 Å². The smallest absolute Gasteiger partial charge is 0.326 e. The van der Waals surface area contributed by atoms with E-state index in [4.69, 9.17) is 4.74 Å². The van der Waals surface area contributed by atoms with Crippen molar-refractivity contribution in [1.82, 2.24) is 0 Å². The molecule has 0 atom stereocenters. The van der Waals surface area contributed by atoms with Crippen molar-refractivity contribution in [2.24, 2.45) is 0 Å². The Morgan fingerprint density at radius 2 is 1.79 bits per heavy atom. The lowest BCUT2D eigenvalue weighted by Crippen LogP contribution is -2.36. The van der Waals surface area contributed by atoms with Gasteiger partial charge >= 0.3 is 5.97 Å². The Morgan fingerprint density at radius 1 is 1.14 bits per heavy atom. The number of ether oxygens (including phenoxy) is 1. The molecule has 0 bridgehead atoms. The van der Waals surface area contributed by atoms with E-state index in [9.17, 15) is 23.3 Å². The highest BCUT2D eigenvalue weighted by molar-refractivity contribution is 7.92. The van der Waals surface area contributed by atoms with Crippen LogP contribution < -0.4 is 4.31 Å². The highest BCUT2D eigenvalue weighted by Gasteiger charge is 2.29. The maximum absolute atomic E-state index is 13.2. The van der Waals surface area contributed by atoms with E-state index in [0.29, 0.717) is 5.56 Å². The molecule has 0 N–H and O–H groups in total. The summed E-state index contributed by atoms with van der Waals surface area (Å²) in [4.78, 5) is 22.3. The molecule has 0 aliphatic heterocycles. The summed E-state index contributed by atoms with van der Waals surface area (Å²) in [5.41, 5.74) is 1.31. The van der Waals surface area contributed by atoms with Crippen LogP contribution >= 0.6 is 0 Å². The Balaban J connectivity index is 2.55. The number of esters is 1. The fourth-order valence-corrected chi connectivity index (χ4v) is 4.04. The zero-order chi connectivity index (χ0) is 20.9. The number of rotatable bonds is 8. The first-order valence-electron chi connectivity index (χ1n) is 8.73. The fourth-order valence-electron chi connectivity index (χ4n) is 2.61. The van der Waals surface area contributed by atoms with Gasteiger partial charge in [0.15, 0.2) is 0 Å². The van der Waals surface area contributed by atoms with Gasteiger partial charge in [-0.15, -0.1) is 0 Å². The number of nitrogens with zero attached hydrogens (tertiary/aromatic N) is 2. The average Bonchev–Trinajstić information content (AvgIpc) is 2.66. The lowest BCUT2D eigenvalue weighted by Gasteiger charge is -2.24. The summed E-state index contributed by atoms with van der Waals surface area (Å²) in [6.45, 7) is 4.68. The molecule has 0 heterocycles. The Labute approximate surface area is 163 Å². The number of benzene rings is 2. The van der Waals surface area contributed by atoms with Crippen molar-refractivity contribution < 1.29 is 22.9 Å². The zero-order valence-electron chi connectivity index (χ0n) is 15.9. The molecule has 0 radical (unpaired) electrons. The van der Waals surface area contributed by atoms with E-state index >= 15 is 0 Å². The van der Waals surface area contributed by atoms with E-state index in [1.807, 2.05) is 6.92 Å². The van der Waals surface area contributed by atoms with Crippen molar-refractivity contribution in [2.45, 2.75) is 32.1 Å². The number of carbonyl (C=O) groups excluding carboxylic acids is 1. The molecule has 0 aliphatic rings. The van der Waals surface area contributed by atoms with Crippen LogP contribution in [-0.2, 0) is 26.0 Å². The summed E-state index contributed by atoms with van der Waals surface area (Å²) in [5, 5.41) is 11.2. The van der Waals surface area contributed by atoms with Gasteiger partial charge in [0.2, 0.25) is 0 Å². The molecule has 0 saturated carbocycles. The maximum Gasteiger partial charge on any atom is 0.326 e. The highest BCUT2D eigenvalue weighted by atomic mass is 32.2. The van der Waals surface area contributed by atoms with Crippen molar-refractivity contribution in [3.8, 4) is 0 Å². The SMILES string of the molecule is CCOC(=O)CN(c1ccc(CC)cc1)S(=O)(=O)c1ccc(C)c([N+](=O)[O-])c1. The number of sulfonamides is 1. The second-order valence-electron chi connectivity index (χ2n) is 6.04. The summed E-state index contributed by atoms with van der Waals surface area (Å²) in [6, 6.07) is 10.4. The Bertz CT molecular complexity index is 970. The molecule has 0 saturated heterocycles. The lowest BCUT2D eigenvalue weighted by molar-refractivity contribution is -0.385. The molecule has 0 aromatic heterocycles. The van der Waals surface area contributed by atoms with Crippen molar-refractivity contribution in [3.63, 3.8) is 0 Å². The standard InChI is InChI=1S/C19H22N2O6S/c1-4-15-7-9-16(10-8-15)20(13-19(22)27-5-2)28(25,26)17-11-6-14(3)18(12-17)21(23)24/h6-12H,4-5,13H2,1-3H3. The molecule has 2 aromatic rings. The molecule has 0 fully saturated rings. The van der Waals surface area contributed by atoms with E-state index in [1.165, 1.54) is 19.1 Å². The van der Waals surface area contributed by atoms with Crippen LogP contribution in [0.25, 0.3) is 0 Å². The van der Waals surface area contributed by atoms with Gasteiger partial charge in [-0.2, -0.15) is 0 Å². The zero-order valence-corrected chi connectivity index (χ0v) is 16.7. The third kappa shape index (κ3) is 4.66. The summed E-state index contributed by atoms with van der Waals surface area (Å²) in [5.74, 6) is -0.716. The van der Waals surface area contributed by atoms with Gasteiger partial charge in [-0.3, -0.25) is 19.2 Å². The minimum atomic E-state index is -4.23. The minimum absolute atomic E-state index is 0.109. The summed E-state index contributed by atoms with van der Waals surface area (Å²) < 4.78 is 32.2. The monoisotopic (exact) mass is 406 g/mol. The lowest BCUT2D eigenvalue weighted by atomic mass is 10.1. The summed E-state index contributed by atoms with van der Waals surface area (Å²) in [6.07, 6.45) is 0.773. The number of aryl methyl sites for hydroxylation is 2. The van der Waals surface area contributed by atoms with E-state index < -0.39 is 27.5 Å². The quantitative estimate of drug-likeness (QED) is 0.378. The van der Waals surface area contributed by atoms with E-state index in [-0.39, 0.29) is 22.9 Å². The van der Waals surface area contributed by atoms with Crippen molar-refractivity contribution >= 4 is 27.4 Å². The average molecular weight is 406 g/mol. The molecule has 0 aliphatic carbocycles. The van der Waals surface area contributed by atoms with Crippen LogP contribution in [0.3, 0.4) is 0 Å². The minimum Gasteiger partial charge on any atom is -0.465 e. The first kappa shape index (κ1) is 21.4. The number of hydrogen-bond acceptors (Lipinski definition) is 6. The summed E-state index contributed by atoms with van der Waals surface area (Å²) in [7, 11) is -4.23. The van der Waals surface area contributed by atoms with Gasteiger partial charge in [-0.05, 0) is 44.0 Å². The molecular weight excluding hydrogens is 384 g/mol. The number of nitro groups is 1.